The molecular weight excluding hydrogens is 566 g/mol. The minimum Gasteiger partial charge on any atom is -0.381 e. The maximum absolute atomic E-state index is 14.1. The molecule has 0 radical (unpaired) electrons. The number of anilines is 1. The first-order chi connectivity index (χ1) is 19.1. The van der Waals surface area contributed by atoms with Crippen molar-refractivity contribution in [3.05, 3.63) is 64.7 Å². The van der Waals surface area contributed by atoms with Crippen LogP contribution < -0.4 is 4.90 Å². The summed E-state index contributed by atoms with van der Waals surface area (Å²) in [6, 6.07) is 2.17. The van der Waals surface area contributed by atoms with Crippen LogP contribution in [0, 0.1) is 17.6 Å². The predicted molar refractivity (Wildman–Crippen MR) is 131 cm³/mol. The van der Waals surface area contributed by atoms with E-state index in [1.54, 1.807) is 0 Å². The summed E-state index contributed by atoms with van der Waals surface area (Å²) in [5.74, 6) is -3.53. The fourth-order valence-electron chi connectivity index (χ4n) is 5.25. The van der Waals surface area contributed by atoms with Crippen LogP contribution in [-0.4, -0.2) is 68.2 Å². The standard InChI is InChI=1S/C27H27F8N3O3/c1-36(19-11-17(26(30,31)32)10-18(12-19)27(33,34)35)25(40)37(2)23-14-38(24(39)15-5-7-41-8-6-15)13-20(23)16-3-4-21(28)22(29)9-16/h3-4,9-12,15,20,23H,5-8,13-14H2,1-2H3/t20-,23+/m0/s1. The third-order valence-electron chi connectivity index (χ3n) is 7.59. The Morgan fingerprint density at radius 1 is 0.854 bits per heavy atom. The van der Waals surface area contributed by atoms with E-state index in [0.717, 1.165) is 24.1 Å². The average molecular weight is 594 g/mol. The average Bonchev–Trinajstić information content (AvgIpc) is 3.37. The molecule has 41 heavy (non-hydrogen) atoms. The smallest absolute Gasteiger partial charge is 0.381 e. The number of carbonyl (C=O) groups is 2. The molecule has 224 valence electrons. The molecule has 0 N–H and O–H groups in total. The Morgan fingerprint density at radius 3 is 1.98 bits per heavy atom. The molecule has 2 fully saturated rings. The zero-order valence-electron chi connectivity index (χ0n) is 22.0. The molecule has 3 amide bonds. The highest BCUT2D eigenvalue weighted by Gasteiger charge is 2.43. The van der Waals surface area contributed by atoms with Gasteiger partial charge < -0.3 is 14.5 Å². The fourth-order valence-corrected chi connectivity index (χ4v) is 5.25. The molecule has 0 unspecified atom stereocenters. The number of carbonyl (C=O) groups excluding carboxylic acids is 2. The van der Waals surface area contributed by atoms with Gasteiger partial charge >= 0.3 is 18.4 Å². The molecule has 2 saturated heterocycles. The number of halogens is 8. The van der Waals surface area contributed by atoms with Gasteiger partial charge in [0.05, 0.1) is 17.2 Å². The molecule has 0 saturated carbocycles. The second kappa shape index (κ2) is 11.5. The van der Waals surface area contributed by atoms with Crippen molar-refractivity contribution < 1.29 is 49.4 Å². The van der Waals surface area contributed by atoms with Crippen molar-refractivity contribution in [2.24, 2.45) is 5.92 Å². The lowest BCUT2D eigenvalue weighted by Crippen LogP contribution is -2.48. The van der Waals surface area contributed by atoms with Crippen LogP contribution in [-0.2, 0) is 21.9 Å². The van der Waals surface area contributed by atoms with E-state index in [0.29, 0.717) is 43.1 Å². The first-order valence-corrected chi connectivity index (χ1v) is 12.7. The molecule has 0 aliphatic carbocycles. The first-order valence-electron chi connectivity index (χ1n) is 12.7. The molecule has 6 nitrogen and oxygen atoms in total. The zero-order valence-corrected chi connectivity index (χ0v) is 22.0. The molecule has 2 aliphatic rings. The van der Waals surface area contributed by atoms with Gasteiger partial charge in [0.2, 0.25) is 5.91 Å². The number of hydrogen-bond acceptors (Lipinski definition) is 3. The van der Waals surface area contributed by atoms with Crippen molar-refractivity contribution in [1.82, 2.24) is 9.80 Å². The highest BCUT2D eigenvalue weighted by molar-refractivity contribution is 5.92. The van der Waals surface area contributed by atoms with E-state index in [1.807, 2.05) is 0 Å². The maximum atomic E-state index is 14.1. The van der Waals surface area contributed by atoms with Crippen LogP contribution in [0.3, 0.4) is 0 Å². The second-order valence-corrected chi connectivity index (χ2v) is 10.2. The van der Waals surface area contributed by atoms with Gasteiger partial charge in [0.25, 0.3) is 0 Å². The minimum absolute atomic E-state index is 0.0354. The third-order valence-corrected chi connectivity index (χ3v) is 7.59. The van der Waals surface area contributed by atoms with Crippen LogP contribution in [0.4, 0.5) is 45.6 Å². The summed E-state index contributed by atoms with van der Waals surface area (Å²) in [4.78, 5) is 30.0. The Bertz CT molecular complexity index is 1260. The predicted octanol–water partition coefficient (Wildman–Crippen LogP) is 5.91. The number of alkyl halides is 6. The molecule has 2 aromatic carbocycles. The number of urea groups is 1. The summed E-state index contributed by atoms with van der Waals surface area (Å²) >= 11 is 0. The van der Waals surface area contributed by atoms with Gasteiger partial charge in [-0.25, -0.2) is 13.6 Å². The lowest BCUT2D eigenvalue weighted by Gasteiger charge is -2.33. The summed E-state index contributed by atoms with van der Waals surface area (Å²) in [5.41, 5.74) is -3.55. The number of nitrogens with zero attached hydrogens (tertiary/aromatic N) is 3. The van der Waals surface area contributed by atoms with E-state index in [4.69, 9.17) is 4.74 Å². The number of rotatable bonds is 4. The topological polar surface area (TPSA) is 53.1 Å². The van der Waals surface area contributed by atoms with Gasteiger partial charge in [0.15, 0.2) is 11.6 Å². The monoisotopic (exact) mass is 593 g/mol. The van der Waals surface area contributed by atoms with E-state index < -0.39 is 58.8 Å². The number of amides is 3. The molecule has 14 heteroatoms. The Morgan fingerprint density at radius 2 is 1.44 bits per heavy atom. The number of hydrogen-bond donors (Lipinski definition) is 0. The highest BCUT2D eigenvalue weighted by atomic mass is 19.4. The van der Waals surface area contributed by atoms with Crippen molar-refractivity contribution in [3.8, 4) is 0 Å². The van der Waals surface area contributed by atoms with Gasteiger partial charge in [-0.2, -0.15) is 26.3 Å². The number of likely N-dealkylation sites (N-methyl/N-ethyl adjacent to an activating group) is 1. The van der Waals surface area contributed by atoms with E-state index >= 15 is 0 Å². The summed E-state index contributed by atoms with van der Waals surface area (Å²) in [5, 5.41) is 0. The molecular formula is C27H27F8N3O3. The van der Waals surface area contributed by atoms with Crippen LogP contribution in [0.25, 0.3) is 0 Å². The fraction of sp³-hybridized carbons (Fsp3) is 0.481. The largest absolute Gasteiger partial charge is 0.416 e. The van der Waals surface area contributed by atoms with Crippen LogP contribution in [0.15, 0.2) is 36.4 Å². The molecule has 2 aromatic rings. The molecule has 0 bridgehead atoms. The van der Waals surface area contributed by atoms with Crippen LogP contribution in [0.2, 0.25) is 0 Å². The lowest BCUT2D eigenvalue weighted by molar-refractivity contribution is -0.143. The van der Waals surface area contributed by atoms with Gasteiger partial charge in [-0.3, -0.25) is 9.69 Å². The Kier molecular flexibility index (Phi) is 8.53. The molecule has 4 rings (SSSR count). The van der Waals surface area contributed by atoms with Gasteiger partial charge in [-0.15, -0.1) is 0 Å². The van der Waals surface area contributed by atoms with E-state index in [-0.39, 0.29) is 36.5 Å². The SMILES string of the molecule is CN(C(=O)N(C)[C@@H]1CN(C(=O)C2CCOCC2)C[C@H]1c1ccc(F)c(F)c1)c1cc(C(F)(F)F)cc(C(F)(F)F)c1. The van der Waals surface area contributed by atoms with Gasteiger partial charge in [0.1, 0.15) is 0 Å². The summed E-state index contributed by atoms with van der Waals surface area (Å²) in [6.45, 7) is 0.780. The Hall–Kier alpha value is -3.42. The summed E-state index contributed by atoms with van der Waals surface area (Å²) in [6.07, 6.45) is -9.27. The van der Waals surface area contributed by atoms with Crippen molar-refractivity contribution in [3.63, 3.8) is 0 Å². The molecule has 2 atom stereocenters. The van der Waals surface area contributed by atoms with Gasteiger partial charge in [-0.05, 0) is 48.7 Å². The van der Waals surface area contributed by atoms with Crippen LogP contribution in [0.5, 0.6) is 0 Å². The molecule has 2 aliphatic heterocycles. The lowest BCUT2D eigenvalue weighted by atomic mass is 9.93. The van der Waals surface area contributed by atoms with E-state index in [1.165, 1.54) is 18.0 Å². The van der Waals surface area contributed by atoms with Gasteiger partial charge in [-0.1, -0.05) is 6.07 Å². The van der Waals surface area contributed by atoms with E-state index in [2.05, 4.69) is 0 Å². The van der Waals surface area contributed by atoms with Crippen LogP contribution >= 0.6 is 0 Å². The Labute approximate surface area is 230 Å². The first kappa shape index (κ1) is 30.5. The minimum atomic E-state index is -5.11. The van der Waals surface area contributed by atoms with E-state index in [9.17, 15) is 44.7 Å². The number of ether oxygens (including phenoxy) is 1. The molecule has 2 heterocycles. The second-order valence-electron chi connectivity index (χ2n) is 10.2. The molecule has 0 aromatic heterocycles. The van der Waals surface area contributed by atoms with Crippen molar-refractivity contribution >= 4 is 17.6 Å². The highest BCUT2D eigenvalue weighted by Crippen LogP contribution is 2.39. The quantitative estimate of drug-likeness (QED) is 0.415. The number of likely N-dealkylation sites (tertiary alicyclic amines) is 1. The van der Waals surface area contributed by atoms with Crippen molar-refractivity contribution in [2.45, 2.75) is 37.2 Å². The van der Waals surface area contributed by atoms with Gasteiger partial charge in [0, 0.05) is 57.9 Å². The number of benzene rings is 2. The third kappa shape index (κ3) is 6.57. The van der Waals surface area contributed by atoms with Crippen molar-refractivity contribution in [2.75, 3.05) is 45.3 Å². The summed E-state index contributed by atoms with van der Waals surface area (Å²) < 4.78 is 113. The normalized spacial score (nSPS) is 20.3. The van der Waals surface area contributed by atoms with Crippen LogP contribution in [0.1, 0.15) is 35.4 Å². The maximum Gasteiger partial charge on any atom is 0.416 e. The summed E-state index contributed by atoms with van der Waals surface area (Å²) in [7, 11) is 2.32. The molecule has 0 spiro atoms. The Balaban J connectivity index is 1.66. The zero-order chi connectivity index (χ0) is 30.3. The van der Waals surface area contributed by atoms with Crippen molar-refractivity contribution in [1.29, 1.82) is 0 Å².